The molecule has 352 valence electrons. The summed E-state index contributed by atoms with van der Waals surface area (Å²) in [5.41, 5.74) is 29.2. The van der Waals surface area contributed by atoms with Crippen molar-refractivity contribution in [1.82, 2.24) is 4.57 Å². The minimum atomic E-state index is -0.585. The van der Waals surface area contributed by atoms with Crippen molar-refractivity contribution in [2.45, 2.75) is 10.8 Å². The van der Waals surface area contributed by atoms with E-state index in [2.05, 4.69) is 289 Å². The van der Waals surface area contributed by atoms with Crippen LogP contribution in [0.1, 0.15) is 44.5 Å². The highest BCUT2D eigenvalue weighted by atomic mass is 15.1. The van der Waals surface area contributed by atoms with Crippen LogP contribution in [0.2, 0.25) is 0 Å². The fourth-order valence-corrected chi connectivity index (χ4v) is 14.8. The fraction of sp³-hybridized carbons (Fsp3) is 0.0270. The van der Waals surface area contributed by atoms with E-state index in [0.29, 0.717) is 0 Å². The zero-order valence-electron chi connectivity index (χ0n) is 41.5. The van der Waals surface area contributed by atoms with Gasteiger partial charge in [0.15, 0.2) is 0 Å². The number of fused-ring (bicyclic) bond motifs is 22. The number of para-hydroxylation sites is 3. The summed E-state index contributed by atoms with van der Waals surface area (Å²) in [4.78, 5) is 2.53. The SMILES string of the molecule is c1ccc(-c2ccccc2N(c2ccc(-c3cccc4c3-c3ccccc3C43c4ccccc4-c4ccccc43)cc2)c2cc3c4c(c2)c2ccccc2n4-c2ccccc2C32c3ccccc3-c3ccccc32)cc1. The van der Waals surface area contributed by atoms with Gasteiger partial charge in [0.05, 0.1) is 33.2 Å². The molecule has 2 nitrogen and oxygen atoms in total. The van der Waals surface area contributed by atoms with Gasteiger partial charge in [-0.25, -0.2) is 0 Å². The highest BCUT2D eigenvalue weighted by Gasteiger charge is 2.53. The fourth-order valence-electron chi connectivity index (χ4n) is 14.8. The van der Waals surface area contributed by atoms with Crippen molar-refractivity contribution >= 4 is 38.9 Å². The predicted octanol–water partition coefficient (Wildman–Crippen LogP) is 18.6. The number of aromatic nitrogens is 1. The van der Waals surface area contributed by atoms with Crippen molar-refractivity contribution in [2.24, 2.45) is 0 Å². The van der Waals surface area contributed by atoms with Crippen molar-refractivity contribution in [3.05, 3.63) is 324 Å². The van der Waals surface area contributed by atoms with E-state index in [1.807, 2.05) is 0 Å². The second kappa shape index (κ2) is 15.4. The van der Waals surface area contributed by atoms with E-state index in [-0.39, 0.29) is 0 Å². The van der Waals surface area contributed by atoms with E-state index in [1.165, 1.54) is 128 Å². The van der Waals surface area contributed by atoms with Crippen LogP contribution in [0.15, 0.2) is 279 Å². The van der Waals surface area contributed by atoms with Crippen LogP contribution in [-0.2, 0) is 10.8 Å². The van der Waals surface area contributed by atoms with E-state index in [0.717, 1.165) is 17.1 Å². The maximum absolute atomic E-state index is 2.55. The molecule has 0 saturated carbocycles. The van der Waals surface area contributed by atoms with E-state index in [4.69, 9.17) is 0 Å². The summed E-state index contributed by atoms with van der Waals surface area (Å²) in [5.74, 6) is 0. The molecule has 0 radical (unpaired) electrons. The lowest BCUT2D eigenvalue weighted by atomic mass is 9.65. The van der Waals surface area contributed by atoms with Crippen molar-refractivity contribution < 1.29 is 0 Å². The number of hydrogen-bond acceptors (Lipinski definition) is 1. The van der Waals surface area contributed by atoms with Crippen LogP contribution < -0.4 is 4.90 Å². The quantitative estimate of drug-likeness (QED) is 0.167. The van der Waals surface area contributed by atoms with Gasteiger partial charge in [-0.2, -0.15) is 0 Å². The highest BCUT2D eigenvalue weighted by Crippen LogP contribution is 2.65. The Morgan fingerprint density at radius 1 is 0.276 bits per heavy atom. The van der Waals surface area contributed by atoms with Crippen molar-refractivity contribution in [3.8, 4) is 61.3 Å². The molecule has 3 aliphatic carbocycles. The topological polar surface area (TPSA) is 8.17 Å². The first kappa shape index (κ1) is 41.7. The maximum Gasteiger partial charge on any atom is 0.0755 e. The average Bonchev–Trinajstić information content (AvgIpc) is 4.37. The molecular formula is C74H46N2. The molecule has 0 amide bonds. The third-order valence-electron chi connectivity index (χ3n) is 17.6. The first-order chi connectivity index (χ1) is 37.7. The third-order valence-corrected chi connectivity index (χ3v) is 17.6. The number of hydrogen-bond donors (Lipinski definition) is 0. The first-order valence-corrected chi connectivity index (χ1v) is 26.6. The number of benzene rings is 12. The van der Waals surface area contributed by atoms with Gasteiger partial charge in [-0.05, 0) is 137 Å². The van der Waals surface area contributed by atoms with Gasteiger partial charge in [0.2, 0.25) is 0 Å². The zero-order valence-corrected chi connectivity index (χ0v) is 41.5. The Bertz CT molecular complexity index is 4500. The zero-order chi connectivity index (χ0) is 49.7. The lowest BCUT2D eigenvalue weighted by molar-refractivity contribution is 0.748. The van der Waals surface area contributed by atoms with Crippen LogP contribution in [0.5, 0.6) is 0 Å². The van der Waals surface area contributed by atoms with Gasteiger partial charge in [-0.15, -0.1) is 0 Å². The minimum absolute atomic E-state index is 0.409. The monoisotopic (exact) mass is 962 g/mol. The second-order valence-electron chi connectivity index (χ2n) is 21.0. The molecule has 12 aromatic carbocycles. The highest BCUT2D eigenvalue weighted by molar-refractivity contribution is 6.14. The van der Waals surface area contributed by atoms with E-state index in [1.54, 1.807) is 0 Å². The molecule has 0 bridgehead atoms. The maximum atomic E-state index is 2.55. The summed E-state index contributed by atoms with van der Waals surface area (Å²) in [6.45, 7) is 0. The molecule has 1 aromatic heterocycles. The minimum Gasteiger partial charge on any atom is -0.310 e. The Kier molecular flexibility index (Phi) is 8.44. The largest absolute Gasteiger partial charge is 0.310 e. The third kappa shape index (κ3) is 5.20. The van der Waals surface area contributed by atoms with Gasteiger partial charge in [-0.1, -0.05) is 237 Å². The summed E-state index contributed by atoms with van der Waals surface area (Å²) < 4.78 is 2.55. The van der Waals surface area contributed by atoms with Gasteiger partial charge >= 0.3 is 0 Å². The molecule has 2 spiro atoms. The molecule has 0 unspecified atom stereocenters. The normalized spacial score (nSPS) is 14.0. The van der Waals surface area contributed by atoms with E-state index in [9.17, 15) is 0 Å². The summed E-state index contributed by atoms with van der Waals surface area (Å²) >= 11 is 0. The Balaban J connectivity index is 0.924. The van der Waals surface area contributed by atoms with Crippen molar-refractivity contribution in [1.29, 1.82) is 0 Å². The van der Waals surface area contributed by atoms with Crippen LogP contribution in [-0.4, -0.2) is 4.57 Å². The molecule has 4 aliphatic rings. The lowest BCUT2D eigenvalue weighted by Gasteiger charge is -2.40. The molecule has 2 heteroatoms. The van der Waals surface area contributed by atoms with Crippen molar-refractivity contribution in [2.75, 3.05) is 4.90 Å². The molecule has 2 heterocycles. The van der Waals surface area contributed by atoms with Gasteiger partial charge in [0, 0.05) is 27.7 Å². The van der Waals surface area contributed by atoms with Crippen LogP contribution in [0.3, 0.4) is 0 Å². The lowest BCUT2D eigenvalue weighted by Crippen LogP contribution is -2.33. The summed E-state index contributed by atoms with van der Waals surface area (Å²) in [6.07, 6.45) is 0. The molecule has 1 aliphatic heterocycles. The molecule has 0 saturated heterocycles. The summed E-state index contributed by atoms with van der Waals surface area (Å²) in [6, 6.07) is 105. The van der Waals surface area contributed by atoms with Gasteiger partial charge < -0.3 is 9.47 Å². The Morgan fingerprint density at radius 2 is 0.737 bits per heavy atom. The summed E-state index contributed by atoms with van der Waals surface area (Å²) in [7, 11) is 0. The Hall–Kier alpha value is -9.76. The Morgan fingerprint density at radius 3 is 1.38 bits per heavy atom. The molecule has 0 fully saturated rings. The van der Waals surface area contributed by atoms with Crippen LogP contribution in [0.4, 0.5) is 17.1 Å². The molecule has 0 N–H and O–H groups in total. The van der Waals surface area contributed by atoms with Crippen LogP contribution in [0.25, 0.3) is 83.1 Å². The van der Waals surface area contributed by atoms with Gasteiger partial charge in [0.1, 0.15) is 0 Å². The Labute approximate surface area is 441 Å². The average molecular weight is 963 g/mol. The number of rotatable bonds is 5. The van der Waals surface area contributed by atoms with Crippen LogP contribution >= 0.6 is 0 Å². The molecule has 0 atom stereocenters. The van der Waals surface area contributed by atoms with E-state index >= 15 is 0 Å². The molecule has 17 rings (SSSR count). The van der Waals surface area contributed by atoms with Gasteiger partial charge in [-0.3, -0.25) is 0 Å². The van der Waals surface area contributed by atoms with E-state index < -0.39 is 10.8 Å². The summed E-state index contributed by atoms with van der Waals surface area (Å²) in [5, 5.41) is 2.47. The molecule has 13 aromatic rings. The second-order valence-corrected chi connectivity index (χ2v) is 21.0. The molecule has 76 heavy (non-hydrogen) atoms. The smallest absolute Gasteiger partial charge is 0.0755 e. The van der Waals surface area contributed by atoms with Crippen LogP contribution in [0, 0.1) is 0 Å². The number of nitrogens with zero attached hydrogens (tertiary/aromatic N) is 2. The predicted molar refractivity (Wildman–Crippen MR) is 313 cm³/mol. The molecular weight excluding hydrogens is 917 g/mol. The van der Waals surface area contributed by atoms with Gasteiger partial charge in [0.25, 0.3) is 0 Å². The van der Waals surface area contributed by atoms with Crippen molar-refractivity contribution in [3.63, 3.8) is 0 Å². The first-order valence-electron chi connectivity index (χ1n) is 26.6. The number of anilines is 3. The standard InChI is InChI=1S/C74H46N2/c1-2-21-47(22-3-1)51-23-9-17-38-68(51)75(49-43-41-48(42-44-49)52-30-20-37-66-71(52)58-29-8-15-35-64(58)73(66)60-31-11-4-24-53(60)54-25-5-12-32-61(54)73)50-45-59-57-28-10-18-39-69(57)76-70-40-19-16-36-65(70)74(67(46-50)72(59)76)62-33-13-6-26-55(62)56-27-7-14-34-63(56)74/h1-46H.